The zero-order chi connectivity index (χ0) is 19.1. The summed E-state index contributed by atoms with van der Waals surface area (Å²) in [5.41, 5.74) is 2.75. The Morgan fingerprint density at radius 1 is 1.19 bits per heavy atom. The van der Waals surface area contributed by atoms with Gasteiger partial charge in [-0.05, 0) is 36.2 Å². The summed E-state index contributed by atoms with van der Waals surface area (Å²) in [4.78, 5) is 25.8. The quantitative estimate of drug-likeness (QED) is 0.803. The molecular weight excluding hydrogens is 352 g/mol. The minimum Gasteiger partial charge on any atom is -0.495 e. The van der Waals surface area contributed by atoms with Crippen LogP contribution in [-0.4, -0.2) is 25.5 Å². The molecule has 2 amide bonds. The van der Waals surface area contributed by atoms with Crippen molar-refractivity contribution in [2.24, 2.45) is 0 Å². The average Bonchev–Trinajstić information content (AvgIpc) is 2.61. The lowest BCUT2D eigenvalue weighted by Gasteiger charge is -2.23. The molecule has 0 aliphatic rings. The lowest BCUT2D eigenvalue weighted by Crippen LogP contribution is -2.34. The summed E-state index contributed by atoms with van der Waals surface area (Å²) < 4.78 is 5.30. The van der Waals surface area contributed by atoms with Crippen molar-refractivity contribution in [2.45, 2.75) is 26.8 Å². The highest BCUT2D eigenvalue weighted by Crippen LogP contribution is 2.31. The van der Waals surface area contributed by atoms with Gasteiger partial charge in [-0.25, -0.2) is 0 Å². The van der Waals surface area contributed by atoms with Crippen LogP contribution in [0.2, 0.25) is 5.02 Å². The summed E-state index contributed by atoms with van der Waals surface area (Å²) in [5, 5.41) is 3.39. The highest BCUT2D eigenvalue weighted by molar-refractivity contribution is 6.31. The molecule has 0 aliphatic heterocycles. The molecule has 0 bridgehead atoms. The summed E-state index contributed by atoms with van der Waals surface area (Å²) >= 11 is 6.04. The molecule has 0 heterocycles. The Labute approximate surface area is 158 Å². The first-order valence-electron chi connectivity index (χ1n) is 8.35. The van der Waals surface area contributed by atoms with E-state index in [1.807, 2.05) is 31.2 Å². The van der Waals surface area contributed by atoms with Crippen LogP contribution >= 0.6 is 11.6 Å². The Hall–Kier alpha value is -2.53. The van der Waals surface area contributed by atoms with E-state index >= 15 is 0 Å². The molecule has 0 atom stereocenters. The van der Waals surface area contributed by atoms with Gasteiger partial charge in [0.15, 0.2) is 0 Å². The molecule has 0 radical (unpaired) electrons. The first-order chi connectivity index (χ1) is 12.4. The number of halogens is 1. The van der Waals surface area contributed by atoms with E-state index in [4.69, 9.17) is 16.3 Å². The van der Waals surface area contributed by atoms with Crippen molar-refractivity contribution in [3.05, 3.63) is 58.6 Å². The highest BCUT2D eigenvalue weighted by atomic mass is 35.5. The lowest BCUT2D eigenvalue weighted by atomic mass is 10.1. The van der Waals surface area contributed by atoms with Gasteiger partial charge in [0.05, 0.1) is 12.8 Å². The van der Waals surface area contributed by atoms with Gasteiger partial charge in [-0.2, -0.15) is 0 Å². The fraction of sp³-hybridized carbons (Fsp3) is 0.300. The number of hydrogen-bond acceptors (Lipinski definition) is 3. The molecule has 26 heavy (non-hydrogen) atoms. The number of rotatable bonds is 7. The van der Waals surface area contributed by atoms with Crippen molar-refractivity contribution < 1.29 is 14.3 Å². The van der Waals surface area contributed by atoms with E-state index < -0.39 is 0 Å². The molecule has 2 aromatic carbocycles. The first kappa shape index (κ1) is 19.8. The van der Waals surface area contributed by atoms with Crippen molar-refractivity contribution in [3.63, 3.8) is 0 Å². The number of nitrogens with zero attached hydrogens (tertiary/aromatic N) is 1. The third kappa shape index (κ3) is 5.23. The number of ether oxygens (including phenoxy) is 1. The number of anilines is 1. The van der Waals surface area contributed by atoms with E-state index in [1.54, 1.807) is 18.2 Å². The number of nitrogens with one attached hydrogen (secondary N) is 1. The van der Waals surface area contributed by atoms with E-state index in [0.717, 1.165) is 11.1 Å². The van der Waals surface area contributed by atoms with Crippen LogP contribution in [0.1, 0.15) is 24.5 Å². The molecule has 2 rings (SSSR count). The summed E-state index contributed by atoms with van der Waals surface area (Å²) in [5.74, 6) is 0.225. The van der Waals surface area contributed by atoms with Gasteiger partial charge in [0, 0.05) is 31.5 Å². The Bertz CT molecular complexity index is 792. The van der Waals surface area contributed by atoms with Crippen LogP contribution in [-0.2, 0) is 16.1 Å². The second-order valence-electron chi connectivity index (χ2n) is 5.94. The third-order valence-corrected chi connectivity index (χ3v) is 4.35. The van der Waals surface area contributed by atoms with Crippen LogP contribution in [0.5, 0.6) is 5.75 Å². The smallest absolute Gasteiger partial charge is 0.223 e. The molecule has 0 unspecified atom stereocenters. The van der Waals surface area contributed by atoms with Crippen LogP contribution in [0.4, 0.5) is 5.69 Å². The number of amides is 2. The first-order valence-corrected chi connectivity index (χ1v) is 8.73. The molecule has 6 heteroatoms. The van der Waals surface area contributed by atoms with Gasteiger partial charge in [-0.3, -0.25) is 9.59 Å². The molecule has 5 nitrogen and oxygen atoms in total. The molecule has 0 fully saturated rings. The molecule has 2 aromatic rings. The minimum atomic E-state index is -0.183. The van der Waals surface area contributed by atoms with Gasteiger partial charge in [0.25, 0.3) is 0 Å². The Balaban J connectivity index is 2.00. The fourth-order valence-corrected chi connectivity index (χ4v) is 2.79. The number of methoxy groups -OCH3 is 1. The second kappa shape index (κ2) is 9.25. The topological polar surface area (TPSA) is 58.6 Å². The largest absolute Gasteiger partial charge is 0.495 e. The number of benzene rings is 2. The maximum atomic E-state index is 12.2. The maximum Gasteiger partial charge on any atom is 0.223 e. The number of carbonyl (C=O) groups excluding carboxylic acids is 2. The van der Waals surface area contributed by atoms with Gasteiger partial charge in [0.1, 0.15) is 5.75 Å². The van der Waals surface area contributed by atoms with Crippen molar-refractivity contribution >= 4 is 29.1 Å². The van der Waals surface area contributed by atoms with Crippen LogP contribution in [0, 0.1) is 6.92 Å². The maximum absolute atomic E-state index is 12.2. The molecule has 0 aliphatic carbocycles. The zero-order valence-electron chi connectivity index (χ0n) is 15.2. The fourth-order valence-electron chi connectivity index (χ4n) is 2.63. The normalized spacial score (nSPS) is 10.3. The monoisotopic (exact) mass is 374 g/mol. The summed E-state index contributed by atoms with van der Waals surface area (Å²) in [6.45, 7) is 4.16. The van der Waals surface area contributed by atoms with Gasteiger partial charge < -0.3 is 15.0 Å². The van der Waals surface area contributed by atoms with Crippen LogP contribution in [0.3, 0.4) is 0 Å². The van der Waals surface area contributed by atoms with E-state index in [-0.39, 0.29) is 24.8 Å². The van der Waals surface area contributed by atoms with E-state index in [0.29, 0.717) is 23.0 Å². The van der Waals surface area contributed by atoms with Crippen molar-refractivity contribution in [1.29, 1.82) is 0 Å². The molecule has 138 valence electrons. The Morgan fingerprint density at radius 2 is 1.92 bits per heavy atom. The minimum absolute atomic E-state index is 0.125. The Morgan fingerprint density at radius 3 is 2.58 bits per heavy atom. The summed E-state index contributed by atoms with van der Waals surface area (Å²) in [7, 11) is 1.53. The van der Waals surface area contributed by atoms with Crippen molar-refractivity contribution in [2.75, 3.05) is 18.6 Å². The number of aryl methyl sites for hydroxylation is 1. The Kier molecular flexibility index (Phi) is 7.04. The molecule has 0 saturated carbocycles. The molecule has 0 aromatic heterocycles. The lowest BCUT2D eigenvalue weighted by molar-refractivity contribution is -0.121. The van der Waals surface area contributed by atoms with Gasteiger partial charge in [0.2, 0.25) is 11.8 Å². The average molecular weight is 375 g/mol. The predicted octanol–water partition coefficient (Wildman–Crippen LogP) is 3.72. The standard InChI is InChI=1S/C20H23ClN2O3/c1-14-6-4-5-7-16(14)13-22-20(25)10-11-23(15(2)24)18-12-17(21)8-9-19(18)26-3/h4-9,12H,10-11,13H2,1-3H3,(H,22,25). The van der Waals surface area contributed by atoms with E-state index in [1.165, 1.54) is 18.9 Å². The molecule has 0 saturated heterocycles. The van der Waals surface area contributed by atoms with Gasteiger partial charge in [-0.15, -0.1) is 0 Å². The van der Waals surface area contributed by atoms with Crippen LogP contribution in [0.15, 0.2) is 42.5 Å². The van der Waals surface area contributed by atoms with Gasteiger partial charge in [-0.1, -0.05) is 35.9 Å². The predicted molar refractivity (Wildman–Crippen MR) is 104 cm³/mol. The van der Waals surface area contributed by atoms with Crippen LogP contribution in [0.25, 0.3) is 0 Å². The second-order valence-corrected chi connectivity index (χ2v) is 6.38. The zero-order valence-corrected chi connectivity index (χ0v) is 16.0. The number of hydrogen-bond donors (Lipinski definition) is 1. The molecule has 1 N–H and O–H groups in total. The van der Waals surface area contributed by atoms with Gasteiger partial charge >= 0.3 is 0 Å². The van der Waals surface area contributed by atoms with Crippen LogP contribution < -0.4 is 15.0 Å². The summed E-state index contributed by atoms with van der Waals surface area (Å²) in [6, 6.07) is 12.9. The highest BCUT2D eigenvalue weighted by Gasteiger charge is 2.18. The SMILES string of the molecule is COc1ccc(Cl)cc1N(CCC(=O)NCc1ccccc1C)C(C)=O. The number of carbonyl (C=O) groups is 2. The molecular formula is C20H23ClN2O3. The van der Waals surface area contributed by atoms with E-state index in [9.17, 15) is 9.59 Å². The van der Waals surface area contributed by atoms with E-state index in [2.05, 4.69) is 5.32 Å². The van der Waals surface area contributed by atoms with Crippen molar-refractivity contribution in [1.82, 2.24) is 5.32 Å². The third-order valence-electron chi connectivity index (χ3n) is 4.11. The summed E-state index contributed by atoms with van der Waals surface area (Å²) in [6.07, 6.45) is 0.182. The van der Waals surface area contributed by atoms with Crippen molar-refractivity contribution in [3.8, 4) is 5.75 Å². The molecule has 0 spiro atoms.